The van der Waals surface area contributed by atoms with Crippen LogP contribution in [0, 0.1) is 10.8 Å². The highest BCUT2D eigenvalue weighted by atomic mass is 79.9. The van der Waals surface area contributed by atoms with E-state index in [0.717, 1.165) is 37.5 Å². The predicted octanol–water partition coefficient (Wildman–Crippen LogP) is 8.06. The number of rotatable bonds is 21. The zero-order valence-corrected chi connectivity index (χ0v) is 50.1. The van der Waals surface area contributed by atoms with Crippen LogP contribution in [0.5, 0.6) is 5.75 Å². The van der Waals surface area contributed by atoms with Crippen molar-refractivity contribution in [2.75, 3.05) is 46.4 Å². The van der Waals surface area contributed by atoms with Crippen LogP contribution in [0.1, 0.15) is 94.3 Å². The van der Waals surface area contributed by atoms with Gasteiger partial charge in [0.15, 0.2) is 11.9 Å². The molecule has 0 saturated carbocycles. The minimum absolute atomic E-state index is 0.00139. The summed E-state index contributed by atoms with van der Waals surface area (Å²) in [5, 5.41) is 36.7. The molecule has 2 saturated heterocycles. The number of nitrogens with one attached hydrogen (secondary N) is 8. The molecule has 444 valence electrons. The number of benzene rings is 7. The van der Waals surface area contributed by atoms with Gasteiger partial charge in [-0.25, -0.2) is 0 Å². The predicted molar refractivity (Wildman–Crippen MR) is 341 cm³/mol. The fourth-order valence-corrected chi connectivity index (χ4v) is 11.6. The molecule has 7 aromatic rings. The highest BCUT2D eigenvalue weighted by molar-refractivity contribution is 9.10. The van der Waals surface area contributed by atoms with Gasteiger partial charge in [-0.1, -0.05) is 175 Å². The number of halogens is 1. The number of hydrogen-bond acceptors (Lipinski definition) is 9. The molecule has 6 atom stereocenters. The number of nitrogens with two attached hydrogens (primary N) is 2. The van der Waals surface area contributed by atoms with Crippen molar-refractivity contribution in [2.24, 2.45) is 11.5 Å². The fraction of sp³-hybridized carbons (Fsp3) is 0.313. The molecule has 2 fully saturated rings. The molecule has 0 radical (unpaired) electrons. The van der Waals surface area contributed by atoms with Gasteiger partial charge in [-0.3, -0.25) is 40.6 Å². The van der Waals surface area contributed by atoms with E-state index in [2.05, 4.69) is 96.4 Å². The second-order valence-corrected chi connectivity index (χ2v) is 22.5. The quantitative estimate of drug-likeness (QED) is 0.0243. The SMILES string of the molecule is CCC(NC(=N)N)[C@@H]1N[C@H](CNC(=O)c2cc3ccccc3cc2OC)CCN(CC(c2ccccc2)c2ccccc2)C1=O.CCC(NC(=N)N)[C@@H]1N[C@H](CNC(=O)c2ccc(Br)cc2)CCN(CC(c2ccccc2)c2ccccc2)C1=O. The maximum absolute atomic E-state index is 14.2. The van der Waals surface area contributed by atoms with E-state index in [4.69, 9.17) is 27.0 Å². The van der Waals surface area contributed by atoms with Gasteiger partial charge < -0.3 is 47.3 Å². The van der Waals surface area contributed by atoms with Gasteiger partial charge in [-0.15, -0.1) is 0 Å². The Hall–Kier alpha value is -8.58. The first-order valence-electron chi connectivity index (χ1n) is 29.1. The molecule has 85 heavy (non-hydrogen) atoms. The molecule has 2 heterocycles. The average Bonchev–Trinajstić information content (AvgIpc) is 4.10. The summed E-state index contributed by atoms with van der Waals surface area (Å²) in [7, 11) is 1.56. The Bertz CT molecular complexity index is 3250. The molecule has 17 nitrogen and oxygen atoms in total. The molecular weight excluding hydrogens is 1130 g/mol. The summed E-state index contributed by atoms with van der Waals surface area (Å²) >= 11 is 3.40. The van der Waals surface area contributed by atoms with E-state index in [-0.39, 0.29) is 65.5 Å². The number of guanidine groups is 2. The van der Waals surface area contributed by atoms with Gasteiger partial charge in [0.05, 0.1) is 24.8 Å². The maximum Gasteiger partial charge on any atom is 0.255 e. The van der Waals surface area contributed by atoms with Crippen molar-refractivity contribution >= 4 is 62.3 Å². The number of amides is 4. The van der Waals surface area contributed by atoms with Crippen LogP contribution < -0.4 is 48.1 Å². The Morgan fingerprint density at radius 1 is 0.576 bits per heavy atom. The fourth-order valence-electron chi connectivity index (χ4n) is 11.3. The smallest absolute Gasteiger partial charge is 0.255 e. The van der Waals surface area contributed by atoms with Crippen molar-refractivity contribution in [2.45, 2.75) is 87.6 Å². The van der Waals surface area contributed by atoms with Crippen molar-refractivity contribution < 1.29 is 23.9 Å². The first kappa shape index (κ1) is 62.5. The molecule has 4 amide bonds. The highest BCUT2D eigenvalue weighted by Gasteiger charge is 2.39. The molecule has 2 aliphatic rings. The summed E-state index contributed by atoms with van der Waals surface area (Å²) in [6.07, 6.45) is 2.46. The van der Waals surface area contributed by atoms with Crippen molar-refractivity contribution in [3.63, 3.8) is 0 Å². The summed E-state index contributed by atoms with van der Waals surface area (Å²) in [5.41, 5.74) is 17.0. The number of nitrogens with zero attached hydrogens (tertiary/aromatic N) is 2. The van der Waals surface area contributed by atoms with Crippen LogP contribution in [-0.4, -0.2) is 128 Å². The lowest BCUT2D eigenvalue weighted by Gasteiger charge is -2.33. The van der Waals surface area contributed by atoms with Crippen LogP contribution in [0.4, 0.5) is 0 Å². The molecule has 12 N–H and O–H groups in total. The zero-order chi connectivity index (χ0) is 60.2. The maximum atomic E-state index is 14.2. The Balaban J connectivity index is 0.000000223. The lowest BCUT2D eigenvalue weighted by Crippen LogP contribution is -2.60. The lowest BCUT2D eigenvalue weighted by atomic mass is 9.90. The van der Waals surface area contributed by atoms with Gasteiger partial charge in [0.25, 0.3) is 11.8 Å². The number of carbonyl (C=O) groups excluding carboxylic acids is 4. The van der Waals surface area contributed by atoms with Crippen LogP contribution in [0.15, 0.2) is 186 Å². The van der Waals surface area contributed by atoms with Crippen molar-refractivity contribution in [3.05, 3.63) is 220 Å². The van der Waals surface area contributed by atoms with Crippen LogP contribution >= 0.6 is 15.9 Å². The molecule has 0 spiro atoms. The van der Waals surface area contributed by atoms with E-state index < -0.39 is 18.1 Å². The molecule has 9 rings (SSSR count). The lowest BCUT2D eigenvalue weighted by molar-refractivity contribution is -0.134. The van der Waals surface area contributed by atoms with Gasteiger partial charge in [0.1, 0.15) is 17.8 Å². The molecule has 0 aliphatic carbocycles. The summed E-state index contributed by atoms with van der Waals surface area (Å²) in [6.45, 7) is 6.65. The van der Waals surface area contributed by atoms with Gasteiger partial charge in [0, 0.05) is 73.2 Å². The minimum atomic E-state index is -0.647. The van der Waals surface area contributed by atoms with E-state index in [9.17, 15) is 19.2 Å². The van der Waals surface area contributed by atoms with E-state index >= 15 is 0 Å². The summed E-state index contributed by atoms with van der Waals surface area (Å²) in [6, 6.07) is 57.3. The summed E-state index contributed by atoms with van der Waals surface area (Å²) < 4.78 is 6.46. The normalized spacial score (nSPS) is 17.8. The third-order valence-electron chi connectivity index (χ3n) is 15.9. The second kappa shape index (κ2) is 30.8. The van der Waals surface area contributed by atoms with Crippen molar-refractivity contribution in [1.82, 2.24) is 41.7 Å². The number of hydrogen-bond donors (Lipinski definition) is 10. The molecule has 7 aromatic carbocycles. The number of ether oxygens (including phenoxy) is 1. The van der Waals surface area contributed by atoms with Crippen LogP contribution in [-0.2, 0) is 9.59 Å². The standard InChI is InChI=1S/C36H42N6O3.C31H37BrN6O2/c1-3-31(41-36(37)38)33-35(44)42(23-30(24-12-6-4-7-13-24)25-14-8-5-9-15-25)19-18-28(40-33)22-39-34(43)29-20-26-16-10-11-17-27(26)21-32(29)45-2;1-2-27(37-31(33)34)28-30(40)38(20-26(21-9-5-3-6-10-21)22-11-7-4-8-12-22)18-17-25(36-28)19-35-29(39)23-13-15-24(32)16-14-23/h4-17,20-21,28,30-31,33,40H,3,18-19,22-23H2,1-2H3,(H,39,43)(H4,37,38,41);3-16,25-28,36H,2,17-20H2,1H3,(H,35,39)(H4,33,34,37)/t28-,31?,33-;25-,27?,28-/m00/s1. The van der Waals surface area contributed by atoms with E-state index in [1.54, 1.807) is 19.2 Å². The molecule has 0 aromatic heterocycles. The second-order valence-electron chi connectivity index (χ2n) is 21.5. The van der Waals surface area contributed by atoms with Crippen LogP contribution in [0.25, 0.3) is 10.8 Å². The van der Waals surface area contributed by atoms with Gasteiger partial charge in [-0.2, -0.15) is 0 Å². The topological polar surface area (TPSA) is 256 Å². The summed E-state index contributed by atoms with van der Waals surface area (Å²) in [5.74, 6) is -0.391. The Kier molecular flexibility index (Phi) is 22.6. The monoisotopic (exact) mass is 1210 g/mol. The van der Waals surface area contributed by atoms with Crippen LogP contribution in [0.3, 0.4) is 0 Å². The number of carbonyl (C=O) groups is 4. The van der Waals surface area contributed by atoms with Gasteiger partial charge in [-0.05, 0) is 95.1 Å². The van der Waals surface area contributed by atoms with Crippen molar-refractivity contribution in [3.8, 4) is 5.75 Å². The largest absolute Gasteiger partial charge is 0.496 e. The molecule has 0 bridgehead atoms. The molecule has 2 unspecified atom stereocenters. The Morgan fingerprint density at radius 3 is 1.33 bits per heavy atom. The number of fused-ring (bicyclic) bond motifs is 1. The minimum Gasteiger partial charge on any atom is -0.496 e. The first-order valence-corrected chi connectivity index (χ1v) is 29.9. The highest BCUT2D eigenvalue weighted by Crippen LogP contribution is 2.30. The van der Waals surface area contributed by atoms with Gasteiger partial charge >= 0.3 is 0 Å². The van der Waals surface area contributed by atoms with Crippen molar-refractivity contribution in [1.29, 1.82) is 10.8 Å². The molecular formula is C67H79BrN12O5. The molecule has 18 heteroatoms. The summed E-state index contributed by atoms with van der Waals surface area (Å²) in [4.78, 5) is 58.4. The van der Waals surface area contributed by atoms with E-state index in [1.807, 2.05) is 145 Å². The Morgan fingerprint density at radius 2 is 0.953 bits per heavy atom. The van der Waals surface area contributed by atoms with E-state index in [0.29, 0.717) is 81.8 Å². The number of methoxy groups -OCH3 is 1. The van der Waals surface area contributed by atoms with Gasteiger partial charge in [0.2, 0.25) is 11.8 Å². The first-order chi connectivity index (χ1) is 41.2. The Labute approximate surface area is 507 Å². The van der Waals surface area contributed by atoms with Crippen LogP contribution in [0.2, 0.25) is 0 Å². The zero-order valence-electron chi connectivity index (χ0n) is 48.5. The third kappa shape index (κ3) is 17.0. The van der Waals surface area contributed by atoms with E-state index in [1.165, 1.54) is 0 Å². The third-order valence-corrected chi connectivity index (χ3v) is 16.4. The average molecular weight is 1210 g/mol. The molecule has 2 aliphatic heterocycles.